The first-order chi connectivity index (χ1) is 9.67. The van der Waals surface area contributed by atoms with Gasteiger partial charge in [-0.1, -0.05) is 30.8 Å². The normalized spacial score (nSPS) is 18.7. The number of hydrogen-bond donors (Lipinski definition) is 1. The van der Waals surface area contributed by atoms with E-state index in [1.165, 1.54) is 25.0 Å². The number of hydrogen-bond acceptors (Lipinski definition) is 4. The zero-order valence-electron chi connectivity index (χ0n) is 11.3. The summed E-state index contributed by atoms with van der Waals surface area (Å²) in [7, 11) is 0. The average molecular weight is 275 g/mol. The van der Waals surface area contributed by atoms with Gasteiger partial charge in [-0.2, -0.15) is 4.98 Å². The largest absolute Gasteiger partial charge is 0.337 e. The van der Waals surface area contributed by atoms with E-state index in [1.807, 2.05) is 0 Å². The standard InChI is InChI=1S/C15H18FN3O/c16-12-7-5-11(6-8-12)13-18-14(20-19-13)15(17)9-3-1-2-4-10-15/h5-8H,1-4,9-10,17H2. The summed E-state index contributed by atoms with van der Waals surface area (Å²) in [6, 6.07) is 6.05. The molecule has 2 N–H and O–H groups in total. The highest BCUT2D eigenvalue weighted by molar-refractivity contribution is 5.53. The van der Waals surface area contributed by atoms with Crippen LogP contribution in [0.5, 0.6) is 0 Å². The monoisotopic (exact) mass is 275 g/mol. The Labute approximate surface area is 117 Å². The fraction of sp³-hybridized carbons (Fsp3) is 0.467. The van der Waals surface area contributed by atoms with Crippen molar-refractivity contribution in [2.45, 2.75) is 44.1 Å². The van der Waals surface area contributed by atoms with Crippen molar-refractivity contribution in [2.75, 3.05) is 0 Å². The molecule has 0 spiro atoms. The molecule has 0 aliphatic heterocycles. The molecule has 4 nitrogen and oxygen atoms in total. The van der Waals surface area contributed by atoms with Gasteiger partial charge in [-0.25, -0.2) is 4.39 Å². The van der Waals surface area contributed by atoms with E-state index in [1.54, 1.807) is 12.1 Å². The van der Waals surface area contributed by atoms with Crippen LogP contribution >= 0.6 is 0 Å². The van der Waals surface area contributed by atoms with Gasteiger partial charge < -0.3 is 10.3 Å². The third-order valence-electron chi connectivity index (χ3n) is 3.95. The van der Waals surface area contributed by atoms with Crippen molar-refractivity contribution in [3.8, 4) is 11.4 Å². The predicted molar refractivity (Wildman–Crippen MR) is 73.3 cm³/mol. The van der Waals surface area contributed by atoms with Gasteiger partial charge in [0.2, 0.25) is 11.7 Å². The van der Waals surface area contributed by atoms with Crippen molar-refractivity contribution >= 4 is 0 Å². The molecule has 1 aromatic heterocycles. The highest BCUT2D eigenvalue weighted by Crippen LogP contribution is 2.33. The Bertz CT molecular complexity index is 571. The van der Waals surface area contributed by atoms with Crippen LogP contribution in [0.25, 0.3) is 11.4 Å². The molecule has 1 fully saturated rings. The Kier molecular flexibility index (Phi) is 3.53. The Morgan fingerprint density at radius 3 is 2.35 bits per heavy atom. The minimum absolute atomic E-state index is 0.281. The molecule has 1 aliphatic rings. The van der Waals surface area contributed by atoms with Crippen LogP contribution in [-0.2, 0) is 5.54 Å². The van der Waals surface area contributed by atoms with Crippen LogP contribution in [0.3, 0.4) is 0 Å². The first kappa shape index (κ1) is 13.2. The summed E-state index contributed by atoms with van der Waals surface area (Å²) in [5.41, 5.74) is 6.66. The van der Waals surface area contributed by atoms with Gasteiger partial charge in [-0.05, 0) is 37.1 Å². The molecule has 5 heteroatoms. The summed E-state index contributed by atoms with van der Waals surface area (Å²) in [5, 5.41) is 3.98. The lowest BCUT2D eigenvalue weighted by Gasteiger charge is -2.22. The third-order valence-corrected chi connectivity index (χ3v) is 3.95. The Morgan fingerprint density at radius 1 is 1.05 bits per heavy atom. The molecule has 0 saturated heterocycles. The van der Waals surface area contributed by atoms with E-state index >= 15 is 0 Å². The molecule has 1 aliphatic carbocycles. The van der Waals surface area contributed by atoms with Crippen LogP contribution < -0.4 is 5.73 Å². The van der Waals surface area contributed by atoms with Gasteiger partial charge in [0.15, 0.2) is 0 Å². The lowest BCUT2D eigenvalue weighted by Crippen LogP contribution is -2.36. The molecule has 0 atom stereocenters. The quantitative estimate of drug-likeness (QED) is 0.853. The van der Waals surface area contributed by atoms with Gasteiger partial charge in [-0.3, -0.25) is 0 Å². The van der Waals surface area contributed by atoms with Crippen molar-refractivity contribution in [1.82, 2.24) is 10.1 Å². The molecular weight excluding hydrogens is 257 g/mol. The fourth-order valence-electron chi connectivity index (χ4n) is 2.72. The second-order valence-corrected chi connectivity index (χ2v) is 5.50. The van der Waals surface area contributed by atoms with Crippen molar-refractivity contribution in [1.29, 1.82) is 0 Å². The van der Waals surface area contributed by atoms with Crippen molar-refractivity contribution < 1.29 is 8.91 Å². The smallest absolute Gasteiger partial charge is 0.247 e. The number of nitrogens with zero attached hydrogens (tertiary/aromatic N) is 2. The topological polar surface area (TPSA) is 64.9 Å². The minimum Gasteiger partial charge on any atom is -0.337 e. The highest BCUT2D eigenvalue weighted by atomic mass is 19.1. The molecule has 3 rings (SSSR count). The summed E-state index contributed by atoms with van der Waals surface area (Å²) in [6.45, 7) is 0. The molecular formula is C15H18FN3O. The number of halogens is 1. The SMILES string of the molecule is NC1(c2nc(-c3ccc(F)cc3)no2)CCCCCC1. The van der Waals surface area contributed by atoms with Crippen LogP contribution in [0.4, 0.5) is 4.39 Å². The van der Waals surface area contributed by atoms with Gasteiger partial charge in [0.1, 0.15) is 5.82 Å². The predicted octanol–water partition coefficient (Wildman–Crippen LogP) is 3.38. The van der Waals surface area contributed by atoms with Gasteiger partial charge in [0, 0.05) is 5.56 Å². The maximum Gasteiger partial charge on any atom is 0.247 e. The molecule has 1 aromatic carbocycles. The zero-order valence-corrected chi connectivity index (χ0v) is 11.3. The summed E-state index contributed by atoms with van der Waals surface area (Å²) < 4.78 is 18.3. The lowest BCUT2D eigenvalue weighted by atomic mass is 9.91. The van der Waals surface area contributed by atoms with E-state index in [2.05, 4.69) is 10.1 Å². The van der Waals surface area contributed by atoms with Crippen LogP contribution in [0.15, 0.2) is 28.8 Å². The number of rotatable bonds is 2. The second kappa shape index (κ2) is 5.32. The molecule has 106 valence electrons. The van der Waals surface area contributed by atoms with E-state index in [9.17, 15) is 4.39 Å². The van der Waals surface area contributed by atoms with Crippen LogP contribution in [0, 0.1) is 5.82 Å². The van der Waals surface area contributed by atoms with Crippen molar-refractivity contribution in [3.05, 3.63) is 36.0 Å². The Morgan fingerprint density at radius 2 is 1.70 bits per heavy atom. The summed E-state index contributed by atoms with van der Waals surface area (Å²) >= 11 is 0. The van der Waals surface area contributed by atoms with Gasteiger partial charge in [0.25, 0.3) is 0 Å². The second-order valence-electron chi connectivity index (χ2n) is 5.50. The Balaban J connectivity index is 1.87. The van der Waals surface area contributed by atoms with Crippen molar-refractivity contribution in [3.63, 3.8) is 0 Å². The van der Waals surface area contributed by atoms with Gasteiger partial charge in [-0.15, -0.1) is 0 Å². The highest BCUT2D eigenvalue weighted by Gasteiger charge is 2.34. The third kappa shape index (κ3) is 2.58. The summed E-state index contributed by atoms with van der Waals surface area (Å²) in [5.74, 6) is 0.685. The van der Waals surface area contributed by atoms with Gasteiger partial charge in [0.05, 0.1) is 5.54 Å². The molecule has 1 heterocycles. The number of aromatic nitrogens is 2. The van der Waals surface area contributed by atoms with Crippen LogP contribution in [0.2, 0.25) is 0 Å². The van der Waals surface area contributed by atoms with Gasteiger partial charge >= 0.3 is 0 Å². The Hall–Kier alpha value is -1.75. The molecule has 0 radical (unpaired) electrons. The maximum absolute atomic E-state index is 12.9. The van der Waals surface area contributed by atoms with Crippen molar-refractivity contribution in [2.24, 2.45) is 5.73 Å². The molecule has 0 unspecified atom stereocenters. The first-order valence-corrected chi connectivity index (χ1v) is 7.06. The lowest BCUT2D eigenvalue weighted by molar-refractivity contribution is 0.257. The van der Waals surface area contributed by atoms with E-state index in [0.29, 0.717) is 11.7 Å². The first-order valence-electron chi connectivity index (χ1n) is 7.06. The minimum atomic E-state index is -0.512. The summed E-state index contributed by atoms with van der Waals surface area (Å²) in [4.78, 5) is 4.42. The molecule has 2 aromatic rings. The average Bonchev–Trinajstić information content (AvgIpc) is 2.84. The fourth-order valence-corrected chi connectivity index (χ4v) is 2.72. The molecule has 1 saturated carbocycles. The molecule has 0 bridgehead atoms. The van der Waals surface area contributed by atoms with E-state index in [-0.39, 0.29) is 5.82 Å². The molecule has 0 amide bonds. The van der Waals surface area contributed by atoms with E-state index < -0.39 is 5.54 Å². The van der Waals surface area contributed by atoms with Crippen LogP contribution in [-0.4, -0.2) is 10.1 Å². The summed E-state index contributed by atoms with van der Waals surface area (Å²) in [6.07, 6.45) is 6.33. The molecule has 20 heavy (non-hydrogen) atoms. The van der Waals surface area contributed by atoms with Crippen LogP contribution in [0.1, 0.15) is 44.4 Å². The van der Waals surface area contributed by atoms with E-state index in [0.717, 1.165) is 31.2 Å². The van der Waals surface area contributed by atoms with E-state index in [4.69, 9.17) is 10.3 Å². The number of nitrogens with two attached hydrogens (primary N) is 1. The maximum atomic E-state index is 12.9. The number of benzene rings is 1. The zero-order chi connectivity index (χ0) is 14.0.